The fourth-order valence-electron chi connectivity index (χ4n) is 1.14. The summed E-state index contributed by atoms with van der Waals surface area (Å²) in [7, 11) is 0. The molecule has 0 fully saturated rings. The minimum absolute atomic E-state index is 0.313. The molecule has 0 atom stereocenters. The van der Waals surface area contributed by atoms with Gasteiger partial charge in [0.25, 0.3) is 0 Å². The van der Waals surface area contributed by atoms with Gasteiger partial charge >= 0.3 is 0 Å². The van der Waals surface area contributed by atoms with E-state index in [0.29, 0.717) is 0 Å². The van der Waals surface area contributed by atoms with Crippen molar-refractivity contribution in [3.05, 3.63) is 46.2 Å². The monoisotopic (exact) mass is 300 g/mol. The van der Waals surface area contributed by atoms with Gasteiger partial charge in [-0.15, -0.1) is 0 Å². The van der Waals surface area contributed by atoms with Crippen LogP contribution >= 0.6 is 22.6 Å². The van der Waals surface area contributed by atoms with E-state index < -0.39 is 0 Å². The highest BCUT2D eigenvalue weighted by molar-refractivity contribution is 14.1. The third-order valence-corrected chi connectivity index (χ3v) is 2.58. The smallest absolute Gasteiger partial charge is 0.142 e. The van der Waals surface area contributed by atoms with Crippen molar-refractivity contribution >= 4 is 22.6 Å². The SMILES string of the molecule is Fc1cnc(-c2ccncc2)c(I)c1. The van der Waals surface area contributed by atoms with E-state index >= 15 is 0 Å². The average molecular weight is 300 g/mol. The Hall–Kier alpha value is -1.04. The Labute approximate surface area is 94.4 Å². The van der Waals surface area contributed by atoms with Gasteiger partial charge in [-0.1, -0.05) is 0 Å². The van der Waals surface area contributed by atoms with Crippen LogP contribution in [0.4, 0.5) is 4.39 Å². The second kappa shape index (κ2) is 4.00. The highest BCUT2D eigenvalue weighted by atomic mass is 127. The molecule has 4 heteroatoms. The van der Waals surface area contributed by atoms with Crippen molar-refractivity contribution in [2.75, 3.05) is 0 Å². The molecule has 2 aromatic rings. The summed E-state index contributed by atoms with van der Waals surface area (Å²) >= 11 is 2.07. The summed E-state index contributed by atoms with van der Waals surface area (Å²) in [5, 5.41) is 0. The minimum atomic E-state index is -0.313. The van der Waals surface area contributed by atoms with Crippen LogP contribution in [-0.4, -0.2) is 9.97 Å². The third kappa shape index (κ3) is 1.89. The number of nitrogens with zero attached hydrogens (tertiary/aromatic N) is 2. The lowest BCUT2D eigenvalue weighted by atomic mass is 10.2. The molecular formula is C10H6FIN2. The molecule has 2 heterocycles. The van der Waals surface area contributed by atoms with Gasteiger partial charge in [-0.3, -0.25) is 9.97 Å². The number of pyridine rings is 2. The zero-order valence-electron chi connectivity index (χ0n) is 7.11. The van der Waals surface area contributed by atoms with Gasteiger partial charge in [0.15, 0.2) is 0 Å². The summed E-state index contributed by atoms with van der Waals surface area (Å²) in [6, 6.07) is 5.16. The van der Waals surface area contributed by atoms with Crippen LogP contribution in [-0.2, 0) is 0 Å². The van der Waals surface area contributed by atoms with Crippen LogP contribution in [0.3, 0.4) is 0 Å². The number of hydrogen-bond acceptors (Lipinski definition) is 2. The van der Waals surface area contributed by atoms with E-state index in [-0.39, 0.29) is 5.82 Å². The summed E-state index contributed by atoms with van der Waals surface area (Å²) in [6.45, 7) is 0. The molecular weight excluding hydrogens is 294 g/mol. The third-order valence-electron chi connectivity index (χ3n) is 1.76. The molecule has 0 bridgehead atoms. The molecule has 2 nitrogen and oxygen atoms in total. The van der Waals surface area contributed by atoms with Crippen LogP contribution in [0.1, 0.15) is 0 Å². The largest absolute Gasteiger partial charge is 0.265 e. The van der Waals surface area contributed by atoms with Gasteiger partial charge in [0, 0.05) is 21.5 Å². The highest BCUT2D eigenvalue weighted by Crippen LogP contribution is 2.22. The van der Waals surface area contributed by atoms with Crippen molar-refractivity contribution in [1.29, 1.82) is 0 Å². The van der Waals surface area contributed by atoms with E-state index in [0.717, 1.165) is 14.8 Å². The van der Waals surface area contributed by atoms with Gasteiger partial charge < -0.3 is 0 Å². The maximum Gasteiger partial charge on any atom is 0.142 e. The van der Waals surface area contributed by atoms with Gasteiger partial charge in [0.1, 0.15) is 5.82 Å². The molecule has 14 heavy (non-hydrogen) atoms. The molecule has 0 saturated carbocycles. The Morgan fingerprint density at radius 2 is 1.93 bits per heavy atom. The van der Waals surface area contributed by atoms with E-state index in [9.17, 15) is 4.39 Å². The van der Waals surface area contributed by atoms with Crippen LogP contribution in [0.5, 0.6) is 0 Å². The zero-order valence-corrected chi connectivity index (χ0v) is 9.27. The van der Waals surface area contributed by atoms with E-state index in [1.807, 2.05) is 12.1 Å². The van der Waals surface area contributed by atoms with Crippen molar-refractivity contribution < 1.29 is 4.39 Å². The first-order chi connectivity index (χ1) is 6.77. The maximum absolute atomic E-state index is 12.8. The predicted octanol–water partition coefficient (Wildman–Crippen LogP) is 2.89. The molecule has 0 aliphatic carbocycles. The van der Waals surface area contributed by atoms with E-state index in [2.05, 4.69) is 32.6 Å². The van der Waals surface area contributed by atoms with Crippen molar-refractivity contribution in [2.24, 2.45) is 0 Å². The molecule has 0 N–H and O–H groups in total. The lowest BCUT2D eigenvalue weighted by molar-refractivity contribution is 0.620. The van der Waals surface area contributed by atoms with Crippen molar-refractivity contribution in [1.82, 2.24) is 9.97 Å². The van der Waals surface area contributed by atoms with Crippen molar-refractivity contribution in [3.8, 4) is 11.3 Å². The van der Waals surface area contributed by atoms with E-state index in [1.165, 1.54) is 12.3 Å². The molecule has 0 aliphatic heterocycles. The normalized spacial score (nSPS) is 10.1. The fourth-order valence-corrected chi connectivity index (χ4v) is 1.88. The molecule has 70 valence electrons. The number of halogens is 2. The second-order valence-corrected chi connectivity index (χ2v) is 3.88. The van der Waals surface area contributed by atoms with E-state index in [1.54, 1.807) is 12.4 Å². The molecule has 2 rings (SSSR count). The summed E-state index contributed by atoms with van der Waals surface area (Å²) in [6.07, 6.45) is 4.60. The molecule has 2 aromatic heterocycles. The molecule has 0 radical (unpaired) electrons. The van der Waals surface area contributed by atoms with Crippen LogP contribution in [0.2, 0.25) is 0 Å². The first-order valence-corrected chi connectivity index (χ1v) is 5.06. The Bertz CT molecular complexity index is 445. The first kappa shape index (κ1) is 9.51. The Morgan fingerprint density at radius 3 is 2.57 bits per heavy atom. The summed E-state index contributed by atoms with van der Waals surface area (Å²) in [4.78, 5) is 7.95. The zero-order chi connectivity index (χ0) is 9.97. The molecule has 0 spiro atoms. The standard InChI is InChI=1S/C10H6FIN2/c11-8-5-9(12)10(14-6-8)7-1-3-13-4-2-7/h1-6H. The first-order valence-electron chi connectivity index (χ1n) is 3.99. The Kier molecular flexibility index (Phi) is 2.72. The lowest BCUT2D eigenvalue weighted by Crippen LogP contribution is -1.89. The van der Waals surface area contributed by atoms with Crippen LogP contribution in [0.25, 0.3) is 11.3 Å². The quantitative estimate of drug-likeness (QED) is 0.757. The van der Waals surface area contributed by atoms with Gasteiger partial charge in [0.2, 0.25) is 0 Å². The van der Waals surface area contributed by atoms with Gasteiger partial charge in [-0.25, -0.2) is 4.39 Å². The van der Waals surface area contributed by atoms with Crippen molar-refractivity contribution in [2.45, 2.75) is 0 Å². The molecule has 0 aromatic carbocycles. The lowest BCUT2D eigenvalue weighted by Gasteiger charge is -2.02. The Balaban J connectivity index is 2.53. The number of rotatable bonds is 1. The topological polar surface area (TPSA) is 25.8 Å². The summed E-state index contributed by atoms with van der Waals surface area (Å²) < 4.78 is 13.6. The molecule has 0 amide bonds. The molecule has 0 unspecified atom stereocenters. The van der Waals surface area contributed by atoms with Gasteiger partial charge in [-0.05, 0) is 40.8 Å². The van der Waals surface area contributed by atoms with Gasteiger partial charge in [-0.2, -0.15) is 0 Å². The van der Waals surface area contributed by atoms with Crippen molar-refractivity contribution in [3.63, 3.8) is 0 Å². The second-order valence-electron chi connectivity index (χ2n) is 2.72. The summed E-state index contributed by atoms with van der Waals surface area (Å²) in [5.41, 5.74) is 1.74. The Morgan fingerprint density at radius 1 is 1.21 bits per heavy atom. The van der Waals surface area contributed by atoms with E-state index in [4.69, 9.17) is 0 Å². The number of hydrogen-bond donors (Lipinski definition) is 0. The minimum Gasteiger partial charge on any atom is -0.265 e. The fraction of sp³-hybridized carbons (Fsp3) is 0. The molecule has 0 aliphatic rings. The molecule has 0 saturated heterocycles. The average Bonchev–Trinajstić information content (AvgIpc) is 2.19. The maximum atomic E-state index is 12.8. The predicted molar refractivity (Wildman–Crippen MR) is 60.1 cm³/mol. The van der Waals surface area contributed by atoms with Gasteiger partial charge in [0.05, 0.1) is 11.9 Å². The van der Waals surface area contributed by atoms with Crippen LogP contribution < -0.4 is 0 Å². The van der Waals surface area contributed by atoms with Crippen LogP contribution in [0.15, 0.2) is 36.8 Å². The van der Waals surface area contributed by atoms with Crippen LogP contribution in [0, 0.1) is 9.39 Å². The number of aromatic nitrogens is 2. The summed E-state index contributed by atoms with van der Waals surface area (Å²) in [5.74, 6) is -0.313. The highest BCUT2D eigenvalue weighted by Gasteiger charge is 2.04.